The summed E-state index contributed by atoms with van der Waals surface area (Å²) in [6.45, 7) is 5.01. The minimum atomic E-state index is -3.23. The van der Waals surface area contributed by atoms with Crippen molar-refractivity contribution in [2.45, 2.75) is 51.6 Å². The number of carbonyl (C=O) groups excluding carboxylic acids is 1. The molecule has 1 amide bonds. The van der Waals surface area contributed by atoms with Gasteiger partial charge in [-0.25, -0.2) is 13.1 Å². The lowest BCUT2D eigenvalue weighted by Gasteiger charge is -2.37. The predicted molar refractivity (Wildman–Crippen MR) is 79.6 cm³/mol. The summed E-state index contributed by atoms with van der Waals surface area (Å²) in [5.74, 6) is 0.310. The van der Waals surface area contributed by atoms with Gasteiger partial charge < -0.3 is 10.6 Å². The van der Waals surface area contributed by atoms with E-state index in [0.29, 0.717) is 18.9 Å². The van der Waals surface area contributed by atoms with E-state index in [2.05, 4.69) is 4.72 Å². The van der Waals surface area contributed by atoms with Gasteiger partial charge in [0.15, 0.2) is 0 Å². The van der Waals surface area contributed by atoms with Crippen molar-refractivity contribution in [3.8, 4) is 0 Å². The number of hydrogen-bond acceptors (Lipinski definition) is 4. The highest BCUT2D eigenvalue weighted by Gasteiger charge is 2.30. The number of likely N-dealkylation sites (tertiary alicyclic amines) is 1. The van der Waals surface area contributed by atoms with Gasteiger partial charge in [0.25, 0.3) is 0 Å². The normalized spacial score (nSPS) is 22.1. The minimum absolute atomic E-state index is 0.0568. The Labute approximate surface area is 122 Å². The Balaban J connectivity index is 2.65. The number of nitrogens with zero attached hydrogens (tertiary/aromatic N) is 1. The molecule has 1 aliphatic rings. The topological polar surface area (TPSA) is 92.5 Å². The smallest absolute Gasteiger partial charge is 0.239 e. The van der Waals surface area contributed by atoms with Crippen molar-refractivity contribution in [2.24, 2.45) is 11.7 Å². The number of rotatable bonds is 6. The molecule has 2 atom stereocenters. The van der Waals surface area contributed by atoms with Gasteiger partial charge in [0, 0.05) is 19.1 Å². The van der Waals surface area contributed by atoms with E-state index in [4.69, 9.17) is 5.73 Å². The number of nitrogens with one attached hydrogen (secondary N) is 1. The fourth-order valence-electron chi connectivity index (χ4n) is 2.57. The molecule has 3 N–H and O–H groups in total. The van der Waals surface area contributed by atoms with Crippen LogP contribution in [0.3, 0.4) is 0 Å². The van der Waals surface area contributed by atoms with Crippen LogP contribution in [-0.2, 0) is 14.8 Å². The van der Waals surface area contributed by atoms with Crippen molar-refractivity contribution in [1.29, 1.82) is 0 Å². The van der Waals surface area contributed by atoms with Gasteiger partial charge in [-0.05, 0) is 31.6 Å². The molecule has 7 heteroatoms. The van der Waals surface area contributed by atoms with Crippen molar-refractivity contribution in [2.75, 3.05) is 19.3 Å². The molecule has 0 bridgehead atoms. The van der Waals surface area contributed by atoms with Crippen LogP contribution in [0.5, 0.6) is 0 Å². The Morgan fingerprint density at radius 2 is 2.05 bits per heavy atom. The van der Waals surface area contributed by atoms with Crippen molar-refractivity contribution >= 4 is 15.9 Å². The Hall–Kier alpha value is -0.660. The lowest BCUT2D eigenvalue weighted by Crippen LogP contribution is -2.54. The summed E-state index contributed by atoms with van der Waals surface area (Å²) in [4.78, 5) is 14.2. The van der Waals surface area contributed by atoms with Gasteiger partial charge in [-0.1, -0.05) is 13.8 Å². The molecule has 20 heavy (non-hydrogen) atoms. The fraction of sp³-hybridized carbons (Fsp3) is 0.923. The molecule has 0 aromatic heterocycles. The maximum Gasteiger partial charge on any atom is 0.239 e. The average molecular weight is 305 g/mol. The molecule has 0 aliphatic carbocycles. The van der Waals surface area contributed by atoms with E-state index in [1.807, 2.05) is 13.8 Å². The third-order valence-corrected chi connectivity index (χ3v) is 4.22. The second-order valence-corrected chi connectivity index (χ2v) is 7.87. The maximum absolute atomic E-state index is 12.4. The maximum atomic E-state index is 12.4. The van der Waals surface area contributed by atoms with E-state index < -0.39 is 16.1 Å². The van der Waals surface area contributed by atoms with E-state index in [9.17, 15) is 13.2 Å². The van der Waals surface area contributed by atoms with E-state index in [-0.39, 0.29) is 18.5 Å². The van der Waals surface area contributed by atoms with Crippen LogP contribution < -0.4 is 10.5 Å². The van der Waals surface area contributed by atoms with Crippen molar-refractivity contribution in [3.63, 3.8) is 0 Å². The van der Waals surface area contributed by atoms with Crippen molar-refractivity contribution < 1.29 is 13.2 Å². The number of amides is 1. The second kappa shape index (κ2) is 7.38. The molecule has 1 fully saturated rings. The third kappa shape index (κ3) is 5.76. The van der Waals surface area contributed by atoms with Crippen LogP contribution in [-0.4, -0.2) is 50.7 Å². The third-order valence-electron chi connectivity index (χ3n) is 3.53. The molecule has 118 valence electrons. The largest absolute Gasteiger partial charge is 0.337 e. The van der Waals surface area contributed by atoms with E-state index >= 15 is 0 Å². The number of sulfonamides is 1. The number of carbonyl (C=O) groups is 1. The summed E-state index contributed by atoms with van der Waals surface area (Å²) in [5, 5.41) is 0. The summed E-state index contributed by atoms with van der Waals surface area (Å²) in [5.41, 5.74) is 5.96. The zero-order valence-electron chi connectivity index (χ0n) is 12.6. The first-order valence-electron chi connectivity index (χ1n) is 7.21. The highest BCUT2D eigenvalue weighted by Crippen LogP contribution is 2.18. The zero-order chi connectivity index (χ0) is 15.3. The van der Waals surface area contributed by atoms with E-state index in [0.717, 1.165) is 25.5 Å². The minimum Gasteiger partial charge on any atom is -0.337 e. The van der Waals surface area contributed by atoms with Gasteiger partial charge in [-0.3, -0.25) is 4.79 Å². The first kappa shape index (κ1) is 17.4. The van der Waals surface area contributed by atoms with Crippen LogP contribution in [0.1, 0.15) is 39.5 Å². The molecular weight excluding hydrogens is 278 g/mol. The molecule has 0 radical (unpaired) electrons. The lowest BCUT2D eigenvalue weighted by atomic mass is 9.98. The number of hydrogen-bond donors (Lipinski definition) is 2. The predicted octanol–water partition coefficient (Wildman–Crippen LogP) is 0.290. The van der Waals surface area contributed by atoms with Gasteiger partial charge in [0.1, 0.15) is 0 Å². The van der Waals surface area contributed by atoms with Gasteiger partial charge in [0.2, 0.25) is 15.9 Å². The van der Waals surface area contributed by atoms with Crippen LogP contribution in [0.4, 0.5) is 0 Å². The van der Waals surface area contributed by atoms with Crippen LogP contribution >= 0.6 is 0 Å². The van der Waals surface area contributed by atoms with Gasteiger partial charge in [0.05, 0.1) is 12.3 Å². The first-order chi connectivity index (χ1) is 9.20. The standard InChI is InChI=1S/C13H27N3O3S/c1-10(2)8-12(14)13(17)16-7-5-4-6-11(16)9-15-20(3,18)19/h10-12,15H,4-9,14H2,1-3H3. The first-order valence-corrected chi connectivity index (χ1v) is 9.10. The molecule has 0 saturated carbocycles. The summed E-state index contributed by atoms with van der Waals surface area (Å²) < 4.78 is 24.9. The average Bonchev–Trinajstić information content (AvgIpc) is 2.34. The summed E-state index contributed by atoms with van der Waals surface area (Å²) >= 11 is 0. The second-order valence-electron chi connectivity index (χ2n) is 6.04. The SMILES string of the molecule is CC(C)CC(N)C(=O)N1CCCCC1CNS(C)(=O)=O. The molecule has 1 aliphatic heterocycles. The molecule has 0 spiro atoms. The van der Waals surface area contributed by atoms with E-state index in [1.165, 1.54) is 0 Å². The number of piperidine rings is 1. The van der Waals surface area contributed by atoms with E-state index in [1.54, 1.807) is 4.90 Å². The monoisotopic (exact) mass is 305 g/mol. The summed E-state index contributed by atoms with van der Waals surface area (Å²) in [6, 6.07) is -0.571. The van der Waals surface area contributed by atoms with Gasteiger partial charge in [-0.15, -0.1) is 0 Å². The molecule has 1 saturated heterocycles. The van der Waals surface area contributed by atoms with Crippen LogP contribution in [0.15, 0.2) is 0 Å². The molecule has 1 rings (SSSR count). The molecule has 0 aromatic carbocycles. The van der Waals surface area contributed by atoms with Crippen LogP contribution in [0.2, 0.25) is 0 Å². The van der Waals surface area contributed by atoms with Crippen molar-refractivity contribution in [1.82, 2.24) is 9.62 Å². The lowest BCUT2D eigenvalue weighted by molar-refractivity contribution is -0.136. The highest BCUT2D eigenvalue weighted by atomic mass is 32.2. The Kier molecular flexibility index (Phi) is 6.42. The molecule has 6 nitrogen and oxygen atoms in total. The Morgan fingerprint density at radius 1 is 1.40 bits per heavy atom. The molecule has 1 heterocycles. The summed E-state index contributed by atoms with van der Waals surface area (Å²) in [7, 11) is -3.23. The zero-order valence-corrected chi connectivity index (χ0v) is 13.4. The van der Waals surface area contributed by atoms with Crippen molar-refractivity contribution in [3.05, 3.63) is 0 Å². The fourth-order valence-corrected chi connectivity index (χ4v) is 3.07. The quantitative estimate of drug-likeness (QED) is 0.737. The number of nitrogens with two attached hydrogens (primary N) is 1. The van der Waals surface area contributed by atoms with Gasteiger partial charge in [-0.2, -0.15) is 0 Å². The highest BCUT2D eigenvalue weighted by molar-refractivity contribution is 7.88. The molecule has 2 unspecified atom stereocenters. The Morgan fingerprint density at radius 3 is 2.60 bits per heavy atom. The van der Waals surface area contributed by atoms with Crippen LogP contribution in [0, 0.1) is 5.92 Å². The molecular formula is C13H27N3O3S. The van der Waals surface area contributed by atoms with Gasteiger partial charge >= 0.3 is 0 Å². The summed E-state index contributed by atoms with van der Waals surface area (Å²) in [6.07, 6.45) is 4.57. The molecule has 0 aromatic rings. The van der Waals surface area contributed by atoms with Crippen LogP contribution in [0.25, 0.3) is 0 Å². The Bertz CT molecular complexity index is 423.